The second-order valence-corrected chi connectivity index (χ2v) is 6.94. The maximum absolute atomic E-state index is 12.3. The average Bonchev–Trinajstić information content (AvgIpc) is 2.78. The van der Waals surface area contributed by atoms with Crippen molar-refractivity contribution in [1.29, 1.82) is 0 Å². The Morgan fingerprint density at radius 1 is 1.20 bits per heavy atom. The molecular formula is C17H23NOS. The number of allylic oxidation sites excluding steroid dienone is 1. The molecule has 108 valence electrons. The fourth-order valence-electron chi connectivity index (χ4n) is 3.25. The van der Waals surface area contributed by atoms with Crippen molar-refractivity contribution in [3.8, 4) is 0 Å². The van der Waals surface area contributed by atoms with Crippen LogP contribution in [-0.2, 0) is 4.79 Å². The molecule has 2 aliphatic rings. The molecule has 1 aromatic heterocycles. The van der Waals surface area contributed by atoms with Crippen molar-refractivity contribution in [2.75, 3.05) is 6.54 Å². The van der Waals surface area contributed by atoms with Crippen LogP contribution in [0.25, 0.3) is 0 Å². The van der Waals surface area contributed by atoms with Gasteiger partial charge in [-0.05, 0) is 42.7 Å². The van der Waals surface area contributed by atoms with Crippen molar-refractivity contribution in [1.82, 2.24) is 4.90 Å². The fraction of sp³-hybridized carbons (Fsp3) is 0.588. The molecule has 0 bridgehead atoms. The van der Waals surface area contributed by atoms with Crippen molar-refractivity contribution in [2.45, 2.75) is 51.0 Å². The van der Waals surface area contributed by atoms with Gasteiger partial charge in [-0.25, -0.2) is 0 Å². The molecule has 0 radical (unpaired) electrons. The zero-order valence-electron chi connectivity index (χ0n) is 12.0. The molecule has 1 saturated carbocycles. The Bertz CT molecular complexity index is 457. The molecule has 1 saturated heterocycles. The number of thiophene rings is 1. The van der Waals surface area contributed by atoms with Gasteiger partial charge in [-0.3, -0.25) is 4.79 Å². The van der Waals surface area contributed by atoms with Crippen molar-refractivity contribution in [3.63, 3.8) is 0 Å². The van der Waals surface area contributed by atoms with Crippen LogP contribution in [-0.4, -0.2) is 17.4 Å². The largest absolute Gasteiger partial charge is 0.331 e. The highest BCUT2D eigenvalue weighted by Gasteiger charge is 2.32. The molecule has 2 nitrogen and oxygen atoms in total. The van der Waals surface area contributed by atoms with Gasteiger partial charge in [-0.2, -0.15) is 0 Å². The van der Waals surface area contributed by atoms with E-state index in [4.69, 9.17) is 0 Å². The first-order valence-electron chi connectivity index (χ1n) is 7.87. The van der Waals surface area contributed by atoms with Gasteiger partial charge in [0.2, 0.25) is 5.91 Å². The lowest BCUT2D eigenvalue weighted by atomic mass is 9.98. The standard InChI is InChI=1S/C17H23NOS/c19-17(10-9-14-6-3-1-2-4-7-14)18-12-11-15(18)16-8-5-13-20-16/h5,8-10,13-15H,1-4,6-7,11-12H2/b10-9+. The van der Waals surface area contributed by atoms with Gasteiger partial charge < -0.3 is 4.90 Å². The summed E-state index contributed by atoms with van der Waals surface area (Å²) in [6, 6.07) is 4.55. The van der Waals surface area contributed by atoms with E-state index in [1.54, 1.807) is 11.3 Å². The number of likely N-dealkylation sites (tertiary alicyclic amines) is 1. The zero-order valence-corrected chi connectivity index (χ0v) is 12.8. The molecule has 20 heavy (non-hydrogen) atoms. The summed E-state index contributed by atoms with van der Waals surface area (Å²) in [6.45, 7) is 0.913. The van der Waals surface area contributed by atoms with Gasteiger partial charge >= 0.3 is 0 Å². The number of amides is 1. The smallest absolute Gasteiger partial charge is 0.246 e. The Balaban J connectivity index is 1.56. The van der Waals surface area contributed by atoms with Crippen LogP contribution in [0.5, 0.6) is 0 Å². The molecule has 3 heteroatoms. The van der Waals surface area contributed by atoms with E-state index < -0.39 is 0 Å². The lowest BCUT2D eigenvalue weighted by Crippen LogP contribution is -2.44. The molecule has 1 aliphatic carbocycles. The number of hydrogen-bond acceptors (Lipinski definition) is 2. The highest BCUT2D eigenvalue weighted by atomic mass is 32.1. The minimum atomic E-state index is 0.207. The van der Waals surface area contributed by atoms with Crippen LogP contribution in [0.4, 0.5) is 0 Å². The van der Waals surface area contributed by atoms with E-state index in [2.05, 4.69) is 23.6 Å². The molecule has 1 atom stereocenters. The minimum absolute atomic E-state index is 0.207. The SMILES string of the molecule is O=C(/C=C/C1CCCCCC1)N1CCC1c1cccs1. The van der Waals surface area contributed by atoms with E-state index in [1.807, 2.05) is 11.0 Å². The molecule has 0 spiro atoms. The normalized spacial score (nSPS) is 24.6. The van der Waals surface area contributed by atoms with Crippen molar-refractivity contribution < 1.29 is 4.79 Å². The lowest BCUT2D eigenvalue weighted by molar-refractivity contribution is -0.133. The summed E-state index contributed by atoms with van der Waals surface area (Å²) in [5.41, 5.74) is 0. The molecule has 2 fully saturated rings. The monoisotopic (exact) mass is 289 g/mol. The van der Waals surface area contributed by atoms with Gasteiger partial charge in [-0.15, -0.1) is 11.3 Å². The molecule has 3 rings (SSSR count). The van der Waals surface area contributed by atoms with E-state index in [1.165, 1.54) is 43.4 Å². The van der Waals surface area contributed by atoms with Gasteiger partial charge in [0.25, 0.3) is 0 Å². The Morgan fingerprint density at radius 3 is 2.60 bits per heavy atom. The van der Waals surface area contributed by atoms with Gasteiger partial charge in [0.1, 0.15) is 0 Å². The van der Waals surface area contributed by atoms with Crippen molar-refractivity contribution >= 4 is 17.2 Å². The zero-order chi connectivity index (χ0) is 13.8. The molecule has 1 aromatic rings. The Hall–Kier alpha value is -1.09. The molecule has 0 aromatic carbocycles. The first-order valence-corrected chi connectivity index (χ1v) is 8.75. The van der Waals surface area contributed by atoms with Crippen LogP contribution in [0.15, 0.2) is 29.7 Å². The highest BCUT2D eigenvalue weighted by molar-refractivity contribution is 7.10. The number of rotatable bonds is 3. The number of carbonyl (C=O) groups excluding carboxylic acids is 1. The highest BCUT2D eigenvalue weighted by Crippen LogP contribution is 2.36. The second-order valence-electron chi connectivity index (χ2n) is 5.96. The number of hydrogen-bond donors (Lipinski definition) is 0. The third-order valence-corrected chi connectivity index (χ3v) is 5.56. The first-order chi connectivity index (χ1) is 9.84. The maximum Gasteiger partial charge on any atom is 0.246 e. The quantitative estimate of drug-likeness (QED) is 0.590. The first kappa shape index (κ1) is 13.9. The summed E-state index contributed by atoms with van der Waals surface area (Å²) in [4.78, 5) is 15.6. The summed E-state index contributed by atoms with van der Waals surface area (Å²) in [5.74, 6) is 0.835. The summed E-state index contributed by atoms with van der Waals surface area (Å²) in [6.07, 6.45) is 13.0. The topological polar surface area (TPSA) is 20.3 Å². The van der Waals surface area contributed by atoms with E-state index in [-0.39, 0.29) is 5.91 Å². The van der Waals surface area contributed by atoms with Gasteiger partial charge in [0, 0.05) is 11.4 Å². The van der Waals surface area contributed by atoms with Crippen LogP contribution in [0.1, 0.15) is 55.9 Å². The van der Waals surface area contributed by atoms with E-state index in [0.717, 1.165) is 13.0 Å². The predicted molar refractivity (Wildman–Crippen MR) is 83.7 cm³/mol. The average molecular weight is 289 g/mol. The minimum Gasteiger partial charge on any atom is -0.331 e. The molecule has 1 amide bonds. The molecule has 1 aliphatic heterocycles. The summed E-state index contributed by atoms with van der Waals surface area (Å²) in [5, 5.41) is 2.09. The van der Waals surface area contributed by atoms with E-state index in [0.29, 0.717) is 12.0 Å². The number of carbonyl (C=O) groups is 1. The Kier molecular flexibility index (Phi) is 4.56. The van der Waals surface area contributed by atoms with Crippen LogP contribution in [0.3, 0.4) is 0 Å². The predicted octanol–water partition coefficient (Wildman–Crippen LogP) is 4.55. The van der Waals surface area contributed by atoms with E-state index in [9.17, 15) is 4.79 Å². The Labute approximate surface area is 125 Å². The van der Waals surface area contributed by atoms with Crippen LogP contribution in [0, 0.1) is 5.92 Å². The lowest BCUT2D eigenvalue weighted by Gasteiger charge is -2.40. The summed E-state index contributed by atoms with van der Waals surface area (Å²) < 4.78 is 0. The van der Waals surface area contributed by atoms with Gasteiger partial charge in [0.05, 0.1) is 6.04 Å². The molecular weight excluding hydrogens is 266 g/mol. The summed E-state index contributed by atoms with van der Waals surface area (Å²) >= 11 is 1.76. The van der Waals surface area contributed by atoms with Gasteiger partial charge in [0.15, 0.2) is 0 Å². The fourth-order valence-corrected chi connectivity index (χ4v) is 4.12. The van der Waals surface area contributed by atoms with Gasteiger partial charge in [-0.1, -0.05) is 37.8 Å². The third kappa shape index (κ3) is 3.14. The van der Waals surface area contributed by atoms with Crippen molar-refractivity contribution in [3.05, 3.63) is 34.5 Å². The van der Waals surface area contributed by atoms with Crippen LogP contribution < -0.4 is 0 Å². The van der Waals surface area contributed by atoms with Crippen LogP contribution >= 0.6 is 11.3 Å². The maximum atomic E-state index is 12.3. The molecule has 1 unspecified atom stereocenters. The molecule has 2 heterocycles. The second kappa shape index (κ2) is 6.57. The van der Waals surface area contributed by atoms with E-state index >= 15 is 0 Å². The molecule has 0 N–H and O–H groups in total. The summed E-state index contributed by atoms with van der Waals surface area (Å²) in [7, 11) is 0. The van der Waals surface area contributed by atoms with Crippen molar-refractivity contribution in [2.24, 2.45) is 5.92 Å². The van der Waals surface area contributed by atoms with Crippen LogP contribution in [0.2, 0.25) is 0 Å². The number of nitrogens with zero attached hydrogens (tertiary/aromatic N) is 1. The Morgan fingerprint density at radius 2 is 2.00 bits per heavy atom. The third-order valence-electron chi connectivity index (χ3n) is 4.59.